The maximum absolute atomic E-state index is 11.8. The lowest BCUT2D eigenvalue weighted by Gasteiger charge is -2.16. The number of benzene rings is 1. The van der Waals surface area contributed by atoms with Gasteiger partial charge in [0.1, 0.15) is 0 Å². The number of rotatable bonds is 7. The molecule has 1 aromatic rings. The highest BCUT2D eigenvalue weighted by Gasteiger charge is 2.05. The predicted octanol–water partition coefficient (Wildman–Crippen LogP) is 0.866. The first-order valence-electron chi connectivity index (χ1n) is 6.13. The highest BCUT2D eigenvalue weighted by atomic mass is 16.5. The van der Waals surface area contributed by atoms with Gasteiger partial charge >= 0.3 is 0 Å². The third kappa shape index (κ3) is 5.51. The van der Waals surface area contributed by atoms with Gasteiger partial charge in [0.2, 0.25) is 0 Å². The number of ether oxygens (including phenoxy) is 1. The van der Waals surface area contributed by atoms with Crippen molar-refractivity contribution in [1.29, 1.82) is 5.26 Å². The zero-order chi connectivity index (χ0) is 14.1. The SMILES string of the molecule is COCCN(C)CCNC(=O)c1ccc(C#N)cc1. The quantitative estimate of drug-likeness (QED) is 0.791. The third-order valence-electron chi connectivity index (χ3n) is 2.73. The van der Waals surface area contributed by atoms with E-state index in [-0.39, 0.29) is 5.91 Å². The lowest BCUT2D eigenvalue weighted by molar-refractivity contribution is 0.0947. The Kier molecular flexibility index (Phi) is 6.58. The number of nitrogens with zero attached hydrogens (tertiary/aromatic N) is 2. The van der Waals surface area contributed by atoms with Crippen molar-refractivity contribution < 1.29 is 9.53 Å². The number of carbonyl (C=O) groups is 1. The van der Waals surface area contributed by atoms with Crippen LogP contribution in [0.2, 0.25) is 0 Å². The summed E-state index contributed by atoms with van der Waals surface area (Å²) in [4.78, 5) is 13.9. The maximum Gasteiger partial charge on any atom is 0.251 e. The number of methoxy groups -OCH3 is 1. The highest BCUT2D eigenvalue weighted by Crippen LogP contribution is 2.02. The second-order valence-electron chi connectivity index (χ2n) is 4.24. The average molecular weight is 261 g/mol. The molecular weight excluding hydrogens is 242 g/mol. The summed E-state index contributed by atoms with van der Waals surface area (Å²) in [5.41, 5.74) is 1.12. The van der Waals surface area contributed by atoms with Crippen LogP contribution in [0.4, 0.5) is 0 Å². The van der Waals surface area contributed by atoms with Crippen LogP contribution in [0, 0.1) is 11.3 Å². The average Bonchev–Trinajstić information content (AvgIpc) is 2.45. The molecule has 1 amide bonds. The number of hydrogen-bond donors (Lipinski definition) is 1. The van der Waals surface area contributed by atoms with Crippen molar-refractivity contribution in [3.05, 3.63) is 35.4 Å². The summed E-state index contributed by atoms with van der Waals surface area (Å²) in [7, 11) is 3.65. The van der Waals surface area contributed by atoms with Gasteiger partial charge in [0.25, 0.3) is 5.91 Å². The van der Waals surface area contributed by atoms with Gasteiger partial charge in [-0.15, -0.1) is 0 Å². The van der Waals surface area contributed by atoms with E-state index in [1.54, 1.807) is 31.4 Å². The molecule has 0 heterocycles. The summed E-state index contributed by atoms with van der Waals surface area (Å²) >= 11 is 0. The Morgan fingerprint density at radius 3 is 2.63 bits per heavy atom. The van der Waals surface area contributed by atoms with Gasteiger partial charge in [0, 0.05) is 32.3 Å². The van der Waals surface area contributed by atoms with Gasteiger partial charge in [0.05, 0.1) is 18.2 Å². The van der Waals surface area contributed by atoms with Gasteiger partial charge in [-0.1, -0.05) is 0 Å². The van der Waals surface area contributed by atoms with Crippen LogP contribution in [0.3, 0.4) is 0 Å². The van der Waals surface area contributed by atoms with Gasteiger partial charge in [-0.2, -0.15) is 5.26 Å². The zero-order valence-electron chi connectivity index (χ0n) is 11.3. The molecule has 0 atom stereocenters. The molecule has 0 spiro atoms. The standard InChI is InChI=1S/C14H19N3O2/c1-17(9-10-19-2)8-7-16-14(18)13-5-3-12(11-15)4-6-13/h3-6H,7-10H2,1-2H3,(H,16,18). The van der Waals surface area contributed by atoms with Gasteiger partial charge in [0.15, 0.2) is 0 Å². The minimum atomic E-state index is -0.121. The van der Waals surface area contributed by atoms with Gasteiger partial charge in [-0.25, -0.2) is 0 Å². The van der Waals surface area contributed by atoms with E-state index in [9.17, 15) is 4.79 Å². The van der Waals surface area contributed by atoms with E-state index in [0.29, 0.717) is 24.3 Å². The summed E-state index contributed by atoms with van der Waals surface area (Å²) in [6.07, 6.45) is 0. The Balaban J connectivity index is 2.33. The van der Waals surface area contributed by atoms with Gasteiger partial charge < -0.3 is 15.0 Å². The van der Waals surface area contributed by atoms with Crippen LogP contribution in [0.25, 0.3) is 0 Å². The van der Waals surface area contributed by atoms with Crippen molar-refractivity contribution in [3.8, 4) is 6.07 Å². The van der Waals surface area contributed by atoms with Gasteiger partial charge in [-0.3, -0.25) is 4.79 Å². The number of hydrogen-bond acceptors (Lipinski definition) is 4. The Labute approximate surface area is 113 Å². The smallest absolute Gasteiger partial charge is 0.251 e. The molecule has 5 heteroatoms. The van der Waals surface area contributed by atoms with E-state index in [0.717, 1.165) is 13.1 Å². The molecule has 0 fully saturated rings. The van der Waals surface area contributed by atoms with Crippen molar-refractivity contribution in [3.63, 3.8) is 0 Å². The summed E-state index contributed by atoms with van der Waals surface area (Å²) < 4.78 is 4.98. The van der Waals surface area contributed by atoms with E-state index >= 15 is 0 Å². The van der Waals surface area contributed by atoms with Crippen molar-refractivity contribution in [2.45, 2.75) is 0 Å². The van der Waals surface area contributed by atoms with E-state index in [1.165, 1.54) is 0 Å². The zero-order valence-corrected chi connectivity index (χ0v) is 11.3. The molecule has 0 aliphatic heterocycles. The normalized spacial score (nSPS) is 10.2. The summed E-state index contributed by atoms with van der Waals surface area (Å²) in [6.45, 7) is 2.87. The Hall–Kier alpha value is -1.90. The second-order valence-corrected chi connectivity index (χ2v) is 4.24. The fourth-order valence-corrected chi connectivity index (χ4v) is 1.52. The maximum atomic E-state index is 11.8. The van der Waals surface area contributed by atoms with Gasteiger partial charge in [-0.05, 0) is 31.3 Å². The first-order valence-corrected chi connectivity index (χ1v) is 6.13. The largest absolute Gasteiger partial charge is 0.383 e. The fraction of sp³-hybridized carbons (Fsp3) is 0.429. The summed E-state index contributed by atoms with van der Waals surface area (Å²) in [6, 6.07) is 8.61. The second kappa shape index (κ2) is 8.25. The summed E-state index contributed by atoms with van der Waals surface area (Å²) in [5, 5.41) is 11.5. The topological polar surface area (TPSA) is 65.4 Å². The van der Waals surface area contributed by atoms with Crippen LogP contribution in [0.5, 0.6) is 0 Å². The molecule has 0 saturated carbocycles. The molecule has 1 rings (SSSR count). The number of likely N-dealkylation sites (N-methyl/N-ethyl adjacent to an activating group) is 1. The number of nitrogens with one attached hydrogen (secondary N) is 1. The first kappa shape index (κ1) is 15.2. The number of nitriles is 1. The number of amides is 1. The first-order chi connectivity index (χ1) is 9.17. The molecular formula is C14H19N3O2. The molecule has 1 aromatic carbocycles. The molecule has 0 unspecified atom stereocenters. The van der Waals surface area contributed by atoms with E-state index < -0.39 is 0 Å². The molecule has 0 aliphatic rings. The molecule has 1 N–H and O–H groups in total. The van der Waals surface area contributed by atoms with Crippen molar-refractivity contribution in [2.24, 2.45) is 0 Å². The van der Waals surface area contributed by atoms with Crippen LogP contribution in [-0.4, -0.2) is 51.2 Å². The molecule has 0 saturated heterocycles. The predicted molar refractivity (Wildman–Crippen MR) is 72.9 cm³/mol. The van der Waals surface area contributed by atoms with Crippen molar-refractivity contribution in [1.82, 2.24) is 10.2 Å². The number of carbonyl (C=O) groups excluding carboxylic acids is 1. The van der Waals surface area contributed by atoms with Crippen molar-refractivity contribution in [2.75, 3.05) is 40.4 Å². The van der Waals surface area contributed by atoms with Crippen LogP contribution in [-0.2, 0) is 4.74 Å². The lowest BCUT2D eigenvalue weighted by Crippen LogP contribution is -2.34. The lowest BCUT2D eigenvalue weighted by atomic mass is 10.1. The Bertz CT molecular complexity index is 437. The molecule has 102 valence electrons. The minimum Gasteiger partial charge on any atom is -0.383 e. The Morgan fingerprint density at radius 1 is 1.37 bits per heavy atom. The molecule has 0 radical (unpaired) electrons. The molecule has 0 aliphatic carbocycles. The fourth-order valence-electron chi connectivity index (χ4n) is 1.52. The monoisotopic (exact) mass is 261 g/mol. The highest BCUT2D eigenvalue weighted by molar-refractivity contribution is 5.94. The van der Waals surface area contributed by atoms with E-state index in [2.05, 4.69) is 10.2 Å². The molecule has 0 bridgehead atoms. The van der Waals surface area contributed by atoms with Crippen molar-refractivity contribution >= 4 is 5.91 Å². The van der Waals surface area contributed by atoms with E-state index in [4.69, 9.17) is 10.00 Å². The Morgan fingerprint density at radius 2 is 2.05 bits per heavy atom. The van der Waals surface area contributed by atoms with Crippen LogP contribution in [0.1, 0.15) is 15.9 Å². The van der Waals surface area contributed by atoms with E-state index in [1.807, 2.05) is 13.1 Å². The minimum absolute atomic E-state index is 0.121. The third-order valence-corrected chi connectivity index (χ3v) is 2.73. The molecule has 19 heavy (non-hydrogen) atoms. The van der Waals surface area contributed by atoms with Crippen LogP contribution in [0.15, 0.2) is 24.3 Å². The molecule has 0 aromatic heterocycles. The van der Waals surface area contributed by atoms with Crippen LogP contribution < -0.4 is 5.32 Å². The molecule has 5 nitrogen and oxygen atoms in total. The summed E-state index contributed by atoms with van der Waals surface area (Å²) in [5.74, 6) is -0.121. The van der Waals surface area contributed by atoms with Crippen LogP contribution >= 0.6 is 0 Å².